The maximum Gasteiger partial charge on any atom is 0.131 e. The fourth-order valence-corrected chi connectivity index (χ4v) is 3.88. The molecule has 1 aliphatic heterocycles. The van der Waals surface area contributed by atoms with Crippen LogP contribution in [-0.4, -0.2) is 53.4 Å². The summed E-state index contributed by atoms with van der Waals surface area (Å²) in [4.78, 5) is 8.93. The quantitative estimate of drug-likeness (QED) is 0.598. The summed E-state index contributed by atoms with van der Waals surface area (Å²) in [6.07, 6.45) is 10.5. The summed E-state index contributed by atoms with van der Waals surface area (Å²) in [5, 5.41) is 4.93. The van der Waals surface area contributed by atoms with Crippen molar-refractivity contribution in [3.8, 4) is 11.8 Å². The Hall–Kier alpha value is -2.03. The van der Waals surface area contributed by atoms with Crippen LogP contribution in [-0.2, 0) is 0 Å². The first-order valence-electron chi connectivity index (χ1n) is 9.70. The van der Waals surface area contributed by atoms with Crippen LogP contribution >= 0.6 is 11.6 Å². The Morgan fingerprint density at radius 3 is 2.63 bits per heavy atom. The molecule has 2 fully saturated rings. The third-order valence-electron chi connectivity index (χ3n) is 5.29. The Balaban J connectivity index is 1.50. The molecule has 0 bridgehead atoms. The predicted molar refractivity (Wildman–Crippen MR) is 109 cm³/mol. The van der Waals surface area contributed by atoms with E-state index in [1.54, 1.807) is 6.20 Å². The van der Waals surface area contributed by atoms with Crippen molar-refractivity contribution in [3.63, 3.8) is 0 Å². The number of anilines is 1. The maximum atomic E-state index is 6.19. The summed E-state index contributed by atoms with van der Waals surface area (Å²) in [5.74, 6) is 7.30. The fraction of sp³-hybridized carbons (Fsp3) is 0.524. The molecule has 0 amide bonds. The van der Waals surface area contributed by atoms with Crippen LogP contribution in [0.5, 0.6) is 0 Å². The molecule has 0 N–H and O–H groups in total. The average Bonchev–Trinajstić information content (AvgIpc) is 3.39. The molecule has 3 heterocycles. The number of pyridine rings is 1. The highest BCUT2D eigenvalue weighted by atomic mass is 35.5. The fourth-order valence-electron chi connectivity index (χ4n) is 3.73. The van der Waals surface area contributed by atoms with E-state index >= 15 is 0 Å². The number of rotatable bonds is 4. The Labute approximate surface area is 166 Å². The van der Waals surface area contributed by atoms with Gasteiger partial charge in [-0.15, -0.1) is 0 Å². The van der Waals surface area contributed by atoms with Crippen molar-refractivity contribution in [1.29, 1.82) is 0 Å². The van der Waals surface area contributed by atoms with Crippen LogP contribution in [0.2, 0.25) is 5.15 Å². The molecule has 27 heavy (non-hydrogen) atoms. The molecule has 1 saturated carbocycles. The molecule has 0 unspecified atom stereocenters. The van der Waals surface area contributed by atoms with E-state index in [4.69, 9.17) is 11.6 Å². The van der Waals surface area contributed by atoms with Gasteiger partial charge in [0, 0.05) is 38.1 Å². The minimum Gasteiger partial charge on any atom is -0.370 e. The smallest absolute Gasteiger partial charge is 0.131 e. The molecule has 6 heteroatoms. The van der Waals surface area contributed by atoms with Crippen LogP contribution in [0.1, 0.15) is 42.9 Å². The van der Waals surface area contributed by atoms with Gasteiger partial charge in [0.1, 0.15) is 5.15 Å². The third-order valence-corrected chi connectivity index (χ3v) is 5.50. The Kier molecular flexibility index (Phi) is 5.38. The van der Waals surface area contributed by atoms with Gasteiger partial charge in [-0.2, -0.15) is 5.10 Å². The lowest BCUT2D eigenvalue weighted by Crippen LogP contribution is -2.37. The van der Waals surface area contributed by atoms with Crippen molar-refractivity contribution in [2.45, 2.75) is 31.7 Å². The van der Waals surface area contributed by atoms with E-state index in [1.165, 1.54) is 25.7 Å². The molecule has 1 saturated heterocycles. The molecular formula is C21H26ClN5. The SMILES string of the molecule is CN(C)CC1CCN(c2cc(Cl)ncc2C#Cc2cnn(C3CC3)c2)CC1. The Morgan fingerprint density at radius 2 is 1.93 bits per heavy atom. The highest BCUT2D eigenvalue weighted by molar-refractivity contribution is 6.29. The molecule has 0 atom stereocenters. The van der Waals surface area contributed by atoms with Crippen LogP contribution in [0.3, 0.4) is 0 Å². The van der Waals surface area contributed by atoms with Crippen molar-refractivity contribution in [2.75, 3.05) is 38.6 Å². The number of aromatic nitrogens is 3. The van der Waals surface area contributed by atoms with Crippen LogP contribution in [0.4, 0.5) is 5.69 Å². The van der Waals surface area contributed by atoms with Crippen LogP contribution in [0.15, 0.2) is 24.7 Å². The van der Waals surface area contributed by atoms with Gasteiger partial charge in [-0.25, -0.2) is 4.98 Å². The molecule has 2 aliphatic rings. The molecule has 0 radical (unpaired) electrons. The lowest BCUT2D eigenvalue weighted by Gasteiger charge is -2.35. The summed E-state index contributed by atoms with van der Waals surface area (Å²) < 4.78 is 2.03. The van der Waals surface area contributed by atoms with E-state index in [0.29, 0.717) is 11.2 Å². The van der Waals surface area contributed by atoms with Crippen molar-refractivity contribution in [1.82, 2.24) is 19.7 Å². The standard InChI is InChI=1S/C21H26ClN5/c1-25(2)14-16-7-9-26(10-8-16)20-11-21(22)23-13-18(20)4-3-17-12-24-27(15-17)19-5-6-19/h11-13,15-16,19H,5-10,14H2,1-2H3. The normalized spacial score (nSPS) is 17.9. The van der Waals surface area contributed by atoms with Gasteiger partial charge in [0.05, 0.1) is 29.1 Å². The van der Waals surface area contributed by atoms with E-state index in [2.05, 4.69) is 45.8 Å². The van der Waals surface area contributed by atoms with Crippen molar-refractivity contribution in [3.05, 3.63) is 40.9 Å². The first-order chi connectivity index (χ1) is 13.1. The van der Waals surface area contributed by atoms with E-state index in [9.17, 15) is 0 Å². The van der Waals surface area contributed by atoms with Gasteiger partial charge in [-0.05, 0) is 45.7 Å². The van der Waals surface area contributed by atoms with E-state index in [1.807, 2.05) is 23.1 Å². The zero-order valence-corrected chi connectivity index (χ0v) is 16.8. The third kappa shape index (κ3) is 4.63. The number of hydrogen-bond acceptors (Lipinski definition) is 4. The zero-order chi connectivity index (χ0) is 18.8. The van der Waals surface area contributed by atoms with E-state index in [-0.39, 0.29) is 0 Å². The van der Waals surface area contributed by atoms with Gasteiger partial charge < -0.3 is 9.80 Å². The van der Waals surface area contributed by atoms with E-state index in [0.717, 1.165) is 42.4 Å². The van der Waals surface area contributed by atoms with Crippen molar-refractivity contribution >= 4 is 17.3 Å². The molecular weight excluding hydrogens is 358 g/mol. The molecule has 0 spiro atoms. The number of nitrogens with zero attached hydrogens (tertiary/aromatic N) is 5. The predicted octanol–water partition coefficient (Wildman–Crippen LogP) is 3.44. The first-order valence-corrected chi connectivity index (χ1v) is 10.1. The average molecular weight is 384 g/mol. The summed E-state index contributed by atoms with van der Waals surface area (Å²) in [7, 11) is 4.29. The van der Waals surface area contributed by atoms with Gasteiger partial charge >= 0.3 is 0 Å². The van der Waals surface area contributed by atoms with Gasteiger partial charge in [-0.3, -0.25) is 4.68 Å². The molecule has 2 aromatic rings. The van der Waals surface area contributed by atoms with Crippen LogP contribution < -0.4 is 4.90 Å². The molecule has 0 aromatic carbocycles. The number of halogens is 1. The molecule has 5 nitrogen and oxygen atoms in total. The minimum absolute atomic E-state index is 0.521. The van der Waals surface area contributed by atoms with Crippen LogP contribution in [0.25, 0.3) is 0 Å². The van der Waals surface area contributed by atoms with Gasteiger partial charge in [0.15, 0.2) is 0 Å². The van der Waals surface area contributed by atoms with Gasteiger partial charge in [-0.1, -0.05) is 23.4 Å². The Morgan fingerprint density at radius 1 is 1.15 bits per heavy atom. The molecule has 1 aliphatic carbocycles. The summed E-state index contributed by atoms with van der Waals surface area (Å²) in [5.41, 5.74) is 2.98. The molecule has 4 rings (SSSR count). The summed E-state index contributed by atoms with van der Waals surface area (Å²) in [6.45, 7) is 3.23. The van der Waals surface area contributed by atoms with Gasteiger partial charge in [0.2, 0.25) is 0 Å². The second kappa shape index (κ2) is 7.92. The number of piperidine rings is 1. The van der Waals surface area contributed by atoms with E-state index < -0.39 is 0 Å². The number of hydrogen-bond donors (Lipinski definition) is 0. The topological polar surface area (TPSA) is 37.2 Å². The second-order valence-electron chi connectivity index (χ2n) is 7.91. The lowest BCUT2D eigenvalue weighted by atomic mass is 9.95. The van der Waals surface area contributed by atoms with Crippen LogP contribution in [0, 0.1) is 17.8 Å². The zero-order valence-electron chi connectivity index (χ0n) is 16.0. The molecule has 2 aromatic heterocycles. The Bertz CT molecular complexity index is 851. The lowest BCUT2D eigenvalue weighted by molar-refractivity contribution is 0.285. The highest BCUT2D eigenvalue weighted by Crippen LogP contribution is 2.34. The largest absolute Gasteiger partial charge is 0.370 e. The minimum atomic E-state index is 0.521. The highest BCUT2D eigenvalue weighted by Gasteiger charge is 2.24. The second-order valence-corrected chi connectivity index (χ2v) is 8.29. The van der Waals surface area contributed by atoms with Crippen molar-refractivity contribution in [2.24, 2.45) is 5.92 Å². The summed E-state index contributed by atoms with van der Waals surface area (Å²) in [6, 6.07) is 2.53. The summed E-state index contributed by atoms with van der Waals surface area (Å²) >= 11 is 6.19. The monoisotopic (exact) mass is 383 g/mol. The van der Waals surface area contributed by atoms with Crippen molar-refractivity contribution < 1.29 is 0 Å². The molecule has 142 valence electrons. The maximum absolute atomic E-state index is 6.19. The van der Waals surface area contributed by atoms with Gasteiger partial charge in [0.25, 0.3) is 0 Å². The first kappa shape index (κ1) is 18.3.